The van der Waals surface area contributed by atoms with Crippen LogP contribution in [0.3, 0.4) is 0 Å². The van der Waals surface area contributed by atoms with Crippen molar-refractivity contribution in [2.75, 3.05) is 11.5 Å². The first-order valence-electron chi connectivity index (χ1n) is 5.72. The van der Waals surface area contributed by atoms with E-state index in [1.807, 2.05) is 16.4 Å². The van der Waals surface area contributed by atoms with Crippen LogP contribution in [0.15, 0.2) is 6.33 Å². The van der Waals surface area contributed by atoms with Crippen LogP contribution in [0.5, 0.6) is 0 Å². The smallest absolute Gasteiger partial charge is 0.138 e. The third-order valence-electron chi connectivity index (χ3n) is 2.32. The van der Waals surface area contributed by atoms with Gasteiger partial charge in [0.25, 0.3) is 0 Å². The Kier molecular flexibility index (Phi) is 6.44. The fourth-order valence-corrected chi connectivity index (χ4v) is 2.23. The number of thioether (sulfide) groups is 1. The van der Waals surface area contributed by atoms with Crippen LogP contribution in [0.1, 0.15) is 26.1 Å². The second-order valence-electron chi connectivity index (χ2n) is 3.63. The number of hydrogen-bond donors (Lipinski definition) is 2. The first-order valence-corrected chi connectivity index (χ1v) is 6.87. The minimum absolute atomic E-state index is 0.268. The lowest BCUT2D eigenvalue weighted by molar-refractivity contribution is 0.513. The Labute approximate surface area is 101 Å². The number of nitrogens with one attached hydrogen (secondary N) is 1. The van der Waals surface area contributed by atoms with E-state index in [9.17, 15) is 0 Å². The standard InChI is InChI=1S/C10H21N5S/c1-3-5-15-10(12-8-13-15)6-9(14-11)7-16-4-2/h8-9,14H,3-7,11H2,1-2H3. The molecule has 0 fully saturated rings. The fourth-order valence-electron chi connectivity index (χ4n) is 1.49. The highest BCUT2D eigenvalue weighted by Gasteiger charge is 2.12. The molecule has 0 saturated carbocycles. The molecule has 6 heteroatoms. The minimum atomic E-state index is 0.268. The number of nitrogens with two attached hydrogens (primary N) is 1. The van der Waals surface area contributed by atoms with Gasteiger partial charge in [-0.05, 0) is 12.2 Å². The van der Waals surface area contributed by atoms with E-state index in [0.717, 1.165) is 36.7 Å². The number of nitrogens with zero attached hydrogens (tertiary/aromatic N) is 3. The van der Waals surface area contributed by atoms with Crippen molar-refractivity contribution < 1.29 is 0 Å². The molecule has 0 radical (unpaired) electrons. The zero-order valence-electron chi connectivity index (χ0n) is 10.0. The minimum Gasteiger partial charge on any atom is -0.271 e. The summed E-state index contributed by atoms with van der Waals surface area (Å²) < 4.78 is 1.96. The molecule has 0 aliphatic carbocycles. The summed E-state index contributed by atoms with van der Waals surface area (Å²) in [7, 11) is 0. The highest BCUT2D eigenvalue weighted by atomic mass is 32.2. The van der Waals surface area contributed by atoms with Gasteiger partial charge in [-0.15, -0.1) is 0 Å². The average Bonchev–Trinajstić information content (AvgIpc) is 2.72. The third kappa shape index (κ3) is 4.11. The summed E-state index contributed by atoms with van der Waals surface area (Å²) in [6, 6.07) is 0.268. The predicted octanol–water partition coefficient (Wildman–Crippen LogP) is 0.816. The molecule has 16 heavy (non-hydrogen) atoms. The molecule has 1 heterocycles. The van der Waals surface area contributed by atoms with Crippen molar-refractivity contribution in [2.45, 2.75) is 39.3 Å². The van der Waals surface area contributed by atoms with Crippen LogP contribution in [0.4, 0.5) is 0 Å². The van der Waals surface area contributed by atoms with Crippen LogP contribution >= 0.6 is 11.8 Å². The molecule has 0 aliphatic heterocycles. The Balaban J connectivity index is 2.51. The summed E-state index contributed by atoms with van der Waals surface area (Å²) >= 11 is 1.88. The van der Waals surface area contributed by atoms with Crippen molar-refractivity contribution in [3.63, 3.8) is 0 Å². The Morgan fingerprint density at radius 1 is 1.56 bits per heavy atom. The summed E-state index contributed by atoms with van der Waals surface area (Å²) in [5.74, 6) is 8.67. The lowest BCUT2D eigenvalue weighted by Crippen LogP contribution is -2.39. The van der Waals surface area contributed by atoms with Gasteiger partial charge in [0.15, 0.2) is 0 Å². The lowest BCUT2D eigenvalue weighted by Gasteiger charge is -2.14. The number of rotatable bonds is 8. The number of hydrogen-bond acceptors (Lipinski definition) is 5. The second-order valence-corrected chi connectivity index (χ2v) is 4.95. The van der Waals surface area contributed by atoms with Crippen LogP contribution in [0.25, 0.3) is 0 Å². The molecular formula is C10H21N5S. The molecule has 0 aliphatic rings. The maximum Gasteiger partial charge on any atom is 0.138 e. The summed E-state index contributed by atoms with van der Waals surface area (Å²) in [6.45, 7) is 5.21. The number of aromatic nitrogens is 3. The van der Waals surface area contributed by atoms with Crippen molar-refractivity contribution in [3.05, 3.63) is 12.2 Å². The summed E-state index contributed by atoms with van der Waals surface area (Å²) in [4.78, 5) is 4.28. The maximum atomic E-state index is 5.53. The zero-order valence-corrected chi connectivity index (χ0v) is 10.8. The van der Waals surface area contributed by atoms with Crippen LogP contribution in [0, 0.1) is 0 Å². The van der Waals surface area contributed by atoms with Gasteiger partial charge in [0.2, 0.25) is 0 Å². The van der Waals surface area contributed by atoms with Gasteiger partial charge >= 0.3 is 0 Å². The van der Waals surface area contributed by atoms with Crippen LogP contribution < -0.4 is 11.3 Å². The van der Waals surface area contributed by atoms with Gasteiger partial charge < -0.3 is 0 Å². The van der Waals surface area contributed by atoms with E-state index < -0.39 is 0 Å². The van der Waals surface area contributed by atoms with Gasteiger partial charge in [-0.2, -0.15) is 16.9 Å². The summed E-state index contributed by atoms with van der Waals surface area (Å²) in [6.07, 6.45) is 3.52. The Bertz CT molecular complexity index is 288. The molecule has 0 spiro atoms. The lowest BCUT2D eigenvalue weighted by atomic mass is 10.2. The maximum absolute atomic E-state index is 5.53. The van der Waals surface area contributed by atoms with E-state index >= 15 is 0 Å². The van der Waals surface area contributed by atoms with Gasteiger partial charge in [0.05, 0.1) is 0 Å². The Hall–Kier alpha value is -0.590. The van der Waals surface area contributed by atoms with Crippen molar-refractivity contribution in [1.29, 1.82) is 0 Å². The van der Waals surface area contributed by atoms with Gasteiger partial charge in [-0.3, -0.25) is 16.0 Å². The van der Waals surface area contributed by atoms with Crippen LogP contribution in [-0.2, 0) is 13.0 Å². The molecule has 1 rings (SSSR count). The topological polar surface area (TPSA) is 68.8 Å². The van der Waals surface area contributed by atoms with Gasteiger partial charge in [0, 0.05) is 24.8 Å². The van der Waals surface area contributed by atoms with E-state index in [1.165, 1.54) is 0 Å². The van der Waals surface area contributed by atoms with Gasteiger partial charge in [-0.1, -0.05) is 13.8 Å². The van der Waals surface area contributed by atoms with Crippen molar-refractivity contribution in [1.82, 2.24) is 20.2 Å². The number of hydrazine groups is 1. The second kappa shape index (κ2) is 7.65. The first kappa shape index (κ1) is 13.5. The highest BCUT2D eigenvalue weighted by Crippen LogP contribution is 2.06. The highest BCUT2D eigenvalue weighted by molar-refractivity contribution is 7.99. The van der Waals surface area contributed by atoms with E-state index in [1.54, 1.807) is 6.33 Å². The molecule has 5 nitrogen and oxygen atoms in total. The molecule has 0 bridgehead atoms. The SMILES string of the molecule is CCCn1ncnc1CC(CSCC)NN. The fraction of sp³-hybridized carbons (Fsp3) is 0.800. The van der Waals surface area contributed by atoms with Gasteiger partial charge in [0.1, 0.15) is 12.2 Å². The van der Waals surface area contributed by atoms with E-state index in [4.69, 9.17) is 5.84 Å². The molecule has 1 atom stereocenters. The Morgan fingerprint density at radius 2 is 2.38 bits per heavy atom. The van der Waals surface area contributed by atoms with E-state index in [-0.39, 0.29) is 6.04 Å². The van der Waals surface area contributed by atoms with Crippen LogP contribution in [0.2, 0.25) is 0 Å². The first-order chi connectivity index (χ1) is 7.81. The molecule has 0 amide bonds. The summed E-state index contributed by atoms with van der Waals surface area (Å²) in [5.41, 5.74) is 2.84. The van der Waals surface area contributed by atoms with E-state index in [0.29, 0.717) is 0 Å². The molecule has 3 N–H and O–H groups in total. The average molecular weight is 243 g/mol. The monoisotopic (exact) mass is 243 g/mol. The van der Waals surface area contributed by atoms with Crippen molar-refractivity contribution in [2.24, 2.45) is 5.84 Å². The molecule has 1 aromatic heterocycles. The zero-order chi connectivity index (χ0) is 11.8. The molecular weight excluding hydrogens is 222 g/mol. The normalized spacial score (nSPS) is 12.9. The molecule has 92 valence electrons. The number of aryl methyl sites for hydroxylation is 1. The Morgan fingerprint density at radius 3 is 3.00 bits per heavy atom. The van der Waals surface area contributed by atoms with Crippen molar-refractivity contribution >= 4 is 11.8 Å². The molecule has 0 aromatic carbocycles. The quantitative estimate of drug-likeness (QED) is 0.522. The third-order valence-corrected chi connectivity index (χ3v) is 3.37. The molecule has 1 unspecified atom stereocenters. The van der Waals surface area contributed by atoms with Crippen LogP contribution in [-0.4, -0.2) is 32.3 Å². The van der Waals surface area contributed by atoms with Crippen molar-refractivity contribution in [3.8, 4) is 0 Å². The molecule has 1 aromatic rings. The largest absolute Gasteiger partial charge is 0.271 e. The predicted molar refractivity (Wildman–Crippen MR) is 68.1 cm³/mol. The van der Waals surface area contributed by atoms with Gasteiger partial charge in [-0.25, -0.2) is 4.98 Å². The van der Waals surface area contributed by atoms with E-state index in [2.05, 4.69) is 29.4 Å². The molecule has 0 saturated heterocycles. The summed E-state index contributed by atoms with van der Waals surface area (Å²) in [5, 5.41) is 4.20.